The summed E-state index contributed by atoms with van der Waals surface area (Å²) in [5.41, 5.74) is 0.835. The number of guanidine groups is 1. The van der Waals surface area contributed by atoms with Crippen LogP contribution in [0.2, 0.25) is 0 Å². The van der Waals surface area contributed by atoms with Crippen molar-refractivity contribution in [1.29, 1.82) is 0 Å². The van der Waals surface area contributed by atoms with Crippen LogP contribution >= 0.6 is 39.9 Å². The first-order valence-corrected chi connectivity index (χ1v) is 10.3. The second-order valence-electron chi connectivity index (χ2n) is 7.02. The molecule has 0 radical (unpaired) electrons. The van der Waals surface area contributed by atoms with Gasteiger partial charge in [0.1, 0.15) is 5.82 Å². The molecule has 3 rings (SSSR count). The molecule has 1 aliphatic heterocycles. The zero-order valence-electron chi connectivity index (χ0n) is 16.1. The molecule has 2 fully saturated rings. The summed E-state index contributed by atoms with van der Waals surface area (Å²) in [7, 11) is 0. The lowest BCUT2D eigenvalue weighted by Gasteiger charge is -2.36. The van der Waals surface area contributed by atoms with Gasteiger partial charge in [-0.25, -0.2) is 9.38 Å². The van der Waals surface area contributed by atoms with Crippen LogP contribution in [0.4, 0.5) is 4.39 Å². The molecule has 1 aromatic carbocycles. The van der Waals surface area contributed by atoms with Crippen molar-refractivity contribution in [2.45, 2.75) is 32.4 Å². The summed E-state index contributed by atoms with van der Waals surface area (Å²) in [6, 6.07) is 5.50. The molecule has 9 heteroatoms. The third-order valence-electron chi connectivity index (χ3n) is 4.71. The topological polar surface area (TPSA) is 60.0 Å². The molecular formula is C19H28BrFIN5O. The minimum atomic E-state index is -0.272. The second kappa shape index (κ2) is 11.3. The summed E-state index contributed by atoms with van der Waals surface area (Å²) < 4.78 is 14.1. The Bertz CT molecular complexity index is 693. The molecule has 1 amide bonds. The van der Waals surface area contributed by atoms with Crippen LogP contribution in [0, 0.1) is 5.82 Å². The molecule has 0 atom stereocenters. The predicted molar refractivity (Wildman–Crippen MR) is 124 cm³/mol. The van der Waals surface area contributed by atoms with Gasteiger partial charge in [0, 0.05) is 38.8 Å². The smallest absolute Gasteiger partial charge is 0.234 e. The van der Waals surface area contributed by atoms with Crippen LogP contribution in [0.3, 0.4) is 0 Å². The zero-order valence-corrected chi connectivity index (χ0v) is 20.0. The molecule has 1 aliphatic carbocycles. The van der Waals surface area contributed by atoms with Gasteiger partial charge in [0.05, 0.1) is 17.6 Å². The maximum atomic E-state index is 13.7. The van der Waals surface area contributed by atoms with E-state index in [0.717, 1.165) is 57.1 Å². The standard InChI is InChI=1S/C19H27BrFN5O.HI/c1-2-22-19(23-12-14-3-6-16(20)17(21)11-14)26-9-7-25(8-10-26)13-18(27)24-15-4-5-15;/h3,6,11,15H,2,4-5,7-10,12-13H2,1H3,(H,22,23)(H,24,27);1H. The number of nitrogens with zero attached hydrogens (tertiary/aromatic N) is 3. The molecule has 2 aliphatic rings. The average Bonchev–Trinajstić information content (AvgIpc) is 3.46. The molecular weight excluding hydrogens is 540 g/mol. The number of rotatable bonds is 6. The Morgan fingerprint density at radius 3 is 2.61 bits per heavy atom. The van der Waals surface area contributed by atoms with Crippen molar-refractivity contribution >= 4 is 51.8 Å². The number of carbonyl (C=O) groups excluding carboxylic acids is 1. The fourth-order valence-corrected chi connectivity index (χ4v) is 3.30. The molecule has 6 nitrogen and oxygen atoms in total. The number of carbonyl (C=O) groups is 1. The molecule has 1 saturated heterocycles. The van der Waals surface area contributed by atoms with Crippen molar-refractivity contribution in [3.8, 4) is 0 Å². The van der Waals surface area contributed by atoms with E-state index in [1.54, 1.807) is 6.07 Å². The summed E-state index contributed by atoms with van der Waals surface area (Å²) in [6.45, 7) is 7.00. The minimum Gasteiger partial charge on any atom is -0.357 e. The largest absolute Gasteiger partial charge is 0.357 e. The number of benzene rings is 1. The molecule has 0 unspecified atom stereocenters. The van der Waals surface area contributed by atoms with Gasteiger partial charge in [-0.3, -0.25) is 9.69 Å². The van der Waals surface area contributed by atoms with Gasteiger partial charge < -0.3 is 15.5 Å². The summed E-state index contributed by atoms with van der Waals surface area (Å²) in [6.07, 6.45) is 2.23. The van der Waals surface area contributed by atoms with E-state index >= 15 is 0 Å². The molecule has 2 N–H and O–H groups in total. The highest BCUT2D eigenvalue weighted by molar-refractivity contribution is 14.0. The zero-order chi connectivity index (χ0) is 19.2. The maximum Gasteiger partial charge on any atom is 0.234 e. The number of halogens is 3. The summed E-state index contributed by atoms with van der Waals surface area (Å²) in [5, 5.41) is 6.35. The van der Waals surface area contributed by atoms with E-state index in [4.69, 9.17) is 0 Å². The van der Waals surface area contributed by atoms with Gasteiger partial charge in [0.2, 0.25) is 5.91 Å². The number of amides is 1. The first-order chi connectivity index (χ1) is 13.0. The summed E-state index contributed by atoms with van der Waals surface area (Å²) in [4.78, 5) is 21.0. The normalized spacial score (nSPS) is 17.8. The quantitative estimate of drug-likeness (QED) is 0.315. The molecule has 1 saturated carbocycles. The highest BCUT2D eigenvalue weighted by Crippen LogP contribution is 2.18. The Balaban J connectivity index is 0.00000280. The molecule has 0 aromatic heterocycles. The van der Waals surface area contributed by atoms with Gasteiger partial charge >= 0.3 is 0 Å². The third kappa shape index (κ3) is 7.14. The summed E-state index contributed by atoms with van der Waals surface area (Å²) in [5.74, 6) is 0.692. The van der Waals surface area contributed by atoms with Crippen molar-refractivity contribution in [1.82, 2.24) is 20.4 Å². The van der Waals surface area contributed by atoms with Crippen LogP contribution in [0.1, 0.15) is 25.3 Å². The summed E-state index contributed by atoms with van der Waals surface area (Å²) >= 11 is 3.17. The van der Waals surface area contributed by atoms with E-state index in [1.807, 2.05) is 13.0 Å². The van der Waals surface area contributed by atoms with E-state index in [9.17, 15) is 9.18 Å². The first-order valence-electron chi connectivity index (χ1n) is 9.54. The van der Waals surface area contributed by atoms with Crippen LogP contribution in [-0.2, 0) is 11.3 Å². The van der Waals surface area contributed by atoms with Gasteiger partial charge in [-0.05, 0) is 53.4 Å². The number of piperazine rings is 1. The van der Waals surface area contributed by atoms with E-state index in [1.165, 1.54) is 6.07 Å². The van der Waals surface area contributed by atoms with Gasteiger partial charge in [-0.1, -0.05) is 6.07 Å². The molecule has 0 spiro atoms. The van der Waals surface area contributed by atoms with Crippen LogP contribution in [0.25, 0.3) is 0 Å². The maximum absolute atomic E-state index is 13.7. The molecule has 156 valence electrons. The highest BCUT2D eigenvalue weighted by atomic mass is 127. The van der Waals surface area contributed by atoms with E-state index in [-0.39, 0.29) is 35.7 Å². The average molecular weight is 568 g/mol. The van der Waals surface area contributed by atoms with Crippen LogP contribution < -0.4 is 10.6 Å². The van der Waals surface area contributed by atoms with E-state index < -0.39 is 0 Å². The van der Waals surface area contributed by atoms with Crippen molar-refractivity contribution in [3.63, 3.8) is 0 Å². The van der Waals surface area contributed by atoms with Crippen LogP contribution in [-0.4, -0.2) is 67.0 Å². The van der Waals surface area contributed by atoms with Crippen molar-refractivity contribution < 1.29 is 9.18 Å². The molecule has 28 heavy (non-hydrogen) atoms. The van der Waals surface area contributed by atoms with Gasteiger partial charge in [-0.15, -0.1) is 24.0 Å². The van der Waals surface area contributed by atoms with Crippen LogP contribution in [0.5, 0.6) is 0 Å². The highest BCUT2D eigenvalue weighted by Gasteiger charge is 2.25. The SMILES string of the molecule is CCNC(=NCc1ccc(Br)c(F)c1)N1CCN(CC(=O)NC2CC2)CC1.I. The fourth-order valence-electron chi connectivity index (χ4n) is 3.05. The Labute approximate surface area is 191 Å². The number of hydrogen-bond acceptors (Lipinski definition) is 3. The fraction of sp³-hybridized carbons (Fsp3) is 0.579. The minimum absolute atomic E-state index is 0. The lowest BCUT2D eigenvalue weighted by molar-refractivity contribution is -0.122. The molecule has 0 bridgehead atoms. The lowest BCUT2D eigenvalue weighted by atomic mass is 10.2. The predicted octanol–water partition coefficient (Wildman–Crippen LogP) is 2.57. The molecule has 1 heterocycles. The number of nitrogens with one attached hydrogen (secondary N) is 2. The number of hydrogen-bond donors (Lipinski definition) is 2. The van der Waals surface area contributed by atoms with Gasteiger partial charge in [0.15, 0.2) is 5.96 Å². The number of aliphatic imine (C=N–C) groups is 1. The van der Waals surface area contributed by atoms with E-state index in [0.29, 0.717) is 23.6 Å². The first kappa shape index (κ1) is 23.3. The van der Waals surface area contributed by atoms with Crippen molar-refractivity contribution in [2.24, 2.45) is 4.99 Å². The van der Waals surface area contributed by atoms with Gasteiger partial charge in [0.25, 0.3) is 0 Å². The Kier molecular flexibility index (Phi) is 9.42. The van der Waals surface area contributed by atoms with Crippen molar-refractivity contribution in [3.05, 3.63) is 34.1 Å². The Morgan fingerprint density at radius 1 is 1.29 bits per heavy atom. The third-order valence-corrected chi connectivity index (χ3v) is 5.35. The monoisotopic (exact) mass is 567 g/mol. The molecule has 1 aromatic rings. The Morgan fingerprint density at radius 2 is 2.00 bits per heavy atom. The Hall–Kier alpha value is -0.940. The van der Waals surface area contributed by atoms with Crippen molar-refractivity contribution in [2.75, 3.05) is 39.3 Å². The van der Waals surface area contributed by atoms with Gasteiger partial charge in [-0.2, -0.15) is 0 Å². The lowest BCUT2D eigenvalue weighted by Crippen LogP contribution is -2.54. The van der Waals surface area contributed by atoms with E-state index in [2.05, 4.69) is 41.4 Å². The second-order valence-corrected chi connectivity index (χ2v) is 7.88. The van der Waals surface area contributed by atoms with Crippen LogP contribution in [0.15, 0.2) is 27.7 Å².